The van der Waals surface area contributed by atoms with Crippen LogP contribution < -0.4 is 14.8 Å². The molecular weight excluding hydrogens is 300 g/mol. The molecule has 0 aliphatic rings. The molecule has 120 valence electrons. The number of hydrogen-bond acceptors (Lipinski definition) is 5. The first-order valence-electron chi connectivity index (χ1n) is 6.98. The zero-order valence-electron chi connectivity index (χ0n) is 12.5. The fraction of sp³-hybridized carbons (Fsp3) is 0.188. The Hall–Kier alpha value is -3.09. The molecule has 23 heavy (non-hydrogen) atoms. The number of hydrogen-bond donors (Lipinski definition) is 1. The number of nitro groups is 1. The van der Waals surface area contributed by atoms with Crippen molar-refractivity contribution in [3.63, 3.8) is 0 Å². The number of carbonyl (C=O) groups excluding carboxylic acids is 1. The van der Waals surface area contributed by atoms with Gasteiger partial charge < -0.3 is 14.8 Å². The number of amides is 1. The van der Waals surface area contributed by atoms with Gasteiger partial charge in [0.2, 0.25) is 0 Å². The van der Waals surface area contributed by atoms with Crippen LogP contribution in [0.3, 0.4) is 0 Å². The Bertz CT molecular complexity index is 685. The summed E-state index contributed by atoms with van der Waals surface area (Å²) in [6.45, 7) is 2.22. The summed E-state index contributed by atoms with van der Waals surface area (Å²) in [5.74, 6) is 0.625. The lowest BCUT2D eigenvalue weighted by molar-refractivity contribution is -0.384. The Morgan fingerprint density at radius 3 is 2.52 bits per heavy atom. The number of nitrogens with zero attached hydrogens (tertiary/aromatic N) is 1. The van der Waals surface area contributed by atoms with Crippen molar-refractivity contribution in [3.8, 4) is 11.5 Å². The number of anilines is 1. The maximum atomic E-state index is 11.8. The topological polar surface area (TPSA) is 90.7 Å². The van der Waals surface area contributed by atoms with E-state index >= 15 is 0 Å². The second-order valence-electron chi connectivity index (χ2n) is 4.55. The number of rotatable bonds is 7. The van der Waals surface area contributed by atoms with Crippen LogP contribution in [0.1, 0.15) is 6.92 Å². The van der Waals surface area contributed by atoms with Crippen LogP contribution in [0.4, 0.5) is 11.4 Å². The van der Waals surface area contributed by atoms with Crippen LogP contribution in [0.15, 0.2) is 48.5 Å². The Morgan fingerprint density at radius 1 is 1.13 bits per heavy atom. The van der Waals surface area contributed by atoms with Crippen LogP contribution in [-0.2, 0) is 4.79 Å². The first-order chi connectivity index (χ1) is 11.1. The summed E-state index contributed by atoms with van der Waals surface area (Å²) in [6, 6.07) is 12.6. The highest BCUT2D eigenvalue weighted by atomic mass is 16.6. The molecule has 7 nitrogen and oxygen atoms in total. The van der Waals surface area contributed by atoms with E-state index in [1.54, 1.807) is 30.3 Å². The van der Waals surface area contributed by atoms with Crippen molar-refractivity contribution in [1.29, 1.82) is 0 Å². The summed E-state index contributed by atoms with van der Waals surface area (Å²) in [4.78, 5) is 22.0. The van der Waals surface area contributed by atoms with E-state index in [1.165, 1.54) is 18.2 Å². The average Bonchev–Trinajstić information content (AvgIpc) is 2.55. The quantitative estimate of drug-likeness (QED) is 0.626. The van der Waals surface area contributed by atoms with Crippen molar-refractivity contribution in [2.45, 2.75) is 6.92 Å². The summed E-state index contributed by atoms with van der Waals surface area (Å²) >= 11 is 0. The van der Waals surface area contributed by atoms with E-state index < -0.39 is 4.92 Å². The highest BCUT2D eigenvalue weighted by molar-refractivity contribution is 5.91. The van der Waals surface area contributed by atoms with E-state index in [2.05, 4.69) is 5.32 Å². The zero-order chi connectivity index (χ0) is 16.7. The van der Waals surface area contributed by atoms with Gasteiger partial charge in [-0.2, -0.15) is 0 Å². The van der Waals surface area contributed by atoms with Crippen LogP contribution in [-0.4, -0.2) is 24.0 Å². The van der Waals surface area contributed by atoms with Crippen molar-refractivity contribution in [1.82, 2.24) is 0 Å². The fourth-order valence-electron chi connectivity index (χ4n) is 1.83. The van der Waals surface area contributed by atoms with Gasteiger partial charge in [-0.3, -0.25) is 14.9 Å². The third-order valence-corrected chi connectivity index (χ3v) is 2.85. The van der Waals surface area contributed by atoms with Gasteiger partial charge in [0.15, 0.2) is 6.61 Å². The molecular formula is C16H16N2O5. The lowest BCUT2D eigenvalue weighted by atomic mass is 10.3. The molecule has 0 aliphatic heterocycles. The van der Waals surface area contributed by atoms with Crippen molar-refractivity contribution in [3.05, 3.63) is 58.6 Å². The number of benzene rings is 2. The molecule has 0 atom stereocenters. The van der Waals surface area contributed by atoms with Crippen LogP contribution in [0.2, 0.25) is 0 Å². The second-order valence-corrected chi connectivity index (χ2v) is 4.55. The smallest absolute Gasteiger partial charge is 0.273 e. The van der Waals surface area contributed by atoms with Gasteiger partial charge in [0, 0.05) is 11.8 Å². The predicted molar refractivity (Wildman–Crippen MR) is 84.8 cm³/mol. The number of ether oxygens (including phenoxy) is 2. The van der Waals surface area contributed by atoms with Gasteiger partial charge in [0.25, 0.3) is 11.6 Å². The van der Waals surface area contributed by atoms with Gasteiger partial charge in [0.1, 0.15) is 11.5 Å². The molecule has 0 radical (unpaired) electrons. The van der Waals surface area contributed by atoms with Crippen LogP contribution in [0.5, 0.6) is 11.5 Å². The summed E-state index contributed by atoms with van der Waals surface area (Å²) in [5.41, 5.74) is 0.524. The van der Waals surface area contributed by atoms with E-state index in [-0.39, 0.29) is 24.0 Å². The van der Waals surface area contributed by atoms with Crippen molar-refractivity contribution in [2.24, 2.45) is 0 Å². The molecule has 0 fully saturated rings. The minimum absolute atomic E-state index is 0.0885. The summed E-state index contributed by atoms with van der Waals surface area (Å²) in [5, 5.41) is 13.3. The van der Waals surface area contributed by atoms with Gasteiger partial charge in [-0.1, -0.05) is 6.07 Å². The molecule has 7 heteroatoms. The molecule has 2 aromatic carbocycles. The largest absolute Gasteiger partial charge is 0.494 e. The number of nitrogens with one attached hydrogen (secondary N) is 1. The first kappa shape index (κ1) is 16.3. The monoisotopic (exact) mass is 316 g/mol. The van der Waals surface area contributed by atoms with Gasteiger partial charge in [0.05, 0.1) is 17.6 Å². The Balaban J connectivity index is 1.87. The van der Waals surface area contributed by atoms with Gasteiger partial charge >= 0.3 is 0 Å². The van der Waals surface area contributed by atoms with Gasteiger partial charge in [-0.25, -0.2) is 0 Å². The number of carbonyl (C=O) groups is 1. The summed E-state index contributed by atoms with van der Waals surface area (Å²) in [6.07, 6.45) is 0. The summed E-state index contributed by atoms with van der Waals surface area (Å²) in [7, 11) is 0. The minimum Gasteiger partial charge on any atom is -0.494 e. The summed E-state index contributed by atoms with van der Waals surface area (Å²) < 4.78 is 10.6. The molecule has 0 saturated heterocycles. The molecule has 0 aromatic heterocycles. The highest BCUT2D eigenvalue weighted by Gasteiger charge is 2.08. The molecule has 0 bridgehead atoms. The van der Waals surface area contributed by atoms with Gasteiger partial charge in [-0.15, -0.1) is 0 Å². The first-order valence-corrected chi connectivity index (χ1v) is 6.98. The average molecular weight is 316 g/mol. The van der Waals surface area contributed by atoms with E-state index in [4.69, 9.17) is 9.47 Å². The zero-order valence-corrected chi connectivity index (χ0v) is 12.5. The molecule has 0 saturated carbocycles. The van der Waals surface area contributed by atoms with E-state index in [1.807, 2.05) is 6.92 Å². The minimum atomic E-state index is -0.521. The van der Waals surface area contributed by atoms with Crippen molar-refractivity contribution in [2.75, 3.05) is 18.5 Å². The van der Waals surface area contributed by atoms with Crippen LogP contribution in [0.25, 0.3) is 0 Å². The molecule has 1 N–H and O–H groups in total. The second kappa shape index (κ2) is 7.79. The molecule has 0 unspecified atom stereocenters. The predicted octanol–water partition coefficient (Wildman–Crippen LogP) is 3.01. The Labute approximate surface area is 133 Å². The number of non-ortho nitro benzene ring substituents is 1. The van der Waals surface area contributed by atoms with E-state index in [9.17, 15) is 14.9 Å². The van der Waals surface area contributed by atoms with Crippen LogP contribution in [0, 0.1) is 10.1 Å². The molecule has 2 aromatic rings. The van der Waals surface area contributed by atoms with Crippen molar-refractivity contribution < 1.29 is 19.2 Å². The normalized spacial score (nSPS) is 9.96. The third-order valence-electron chi connectivity index (χ3n) is 2.85. The maximum absolute atomic E-state index is 11.8. The highest BCUT2D eigenvalue weighted by Crippen LogP contribution is 2.19. The van der Waals surface area contributed by atoms with Gasteiger partial charge in [-0.05, 0) is 37.3 Å². The maximum Gasteiger partial charge on any atom is 0.273 e. The van der Waals surface area contributed by atoms with Crippen LogP contribution >= 0.6 is 0 Å². The molecule has 0 heterocycles. The Morgan fingerprint density at radius 2 is 1.87 bits per heavy atom. The third kappa shape index (κ3) is 4.99. The molecule has 0 aliphatic carbocycles. The molecule has 0 spiro atoms. The standard InChI is InChI=1S/C16H16N2O5/c1-2-22-14-8-6-12(7-9-14)17-16(19)11-23-15-5-3-4-13(10-15)18(20)21/h3-10H,2,11H2,1H3,(H,17,19). The molecule has 1 amide bonds. The number of nitro benzene ring substituents is 1. The lowest BCUT2D eigenvalue weighted by Crippen LogP contribution is -2.20. The Kier molecular flexibility index (Phi) is 5.51. The SMILES string of the molecule is CCOc1ccc(NC(=O)COc2cccc([N+](=O)[O-])c2)cc1. The van der Waals surface area contributed by atoms with E-state index in [0.717, 1.165) is 5.75 Å². The van der Waals surface area contributed by atoms with Crippen molar-refractivity contribution >= 4 is 17.3 Å². The van der Waals surface area contributed by atoms with E-state index in [0.29, 0.717) is 12.3 Å². The molecule has 2 rings (SSSR count). The fourth-order valence-corrected chi connectivity index (χ4v) is 1.83. The lowest BCUT2D eigenvalue weighted by Gasteiger charge is -2.08.